The summed E-state index contributed by atoms with van der Waals surface area (Å²) in [7, 11) is 0. The molecule has 0 saturated carbocycles. The quantitative estimate of drug-likeness (QED) is 0.140. The molecule has 214 valence electrons. The monoisotopic (exact) mass is 594 g/mol. The molecule has 6 aromatic carbocycles. The van der Waals surface area contributed by atoms with Gasteiger partial charge in [0.1, 0.15) is 0 Å². The van der Waals surface area contributed by atoms with Gasteiger partial charge < -0.3 is 0 Å². The Labute approximate surface area is 267 Å². The second-order valence-corrected chi connectivity index (χ2v) is 12.6. The summed E-state index contributed by atoms with van der Waals surface area (Å²) in [5.41, 5.74) is 12.6. The van der Waals surface area contributed by atoms with Crippen LogP contribution in [0.15, 0.2) is 156 Å². The van der Waals surface area contributed by atoms with E-state index in [1.54, 1.807) is 0 Å². The molecule has 0 fully saturated rings. The van der Waals surface area contributed by atoms with Crippen LogP contribution >= 0.6 is 11.3 Å². The van der Waals surface area contributed by atoms with E-state index in [9.17, 15) is 0 Å². The summed E-state index contributed by atoms with van der Waals surface area (Å²) >= 11 is 1.81. The second-order valence-electron chi connectivity index (χ2n) is 11.5. The molecule has 0 unspecified atom stereocenters. The zero-order chi connectivity index (χ0) is 30.3. The van der Waals surface area contributed by atoms with Gasteiger partial charge in [0.25, 0.3) is 0 Å². The maximum absolute atomic E-state index is 5.10. The lowest BCUT2D eigenvalue weighted by molar-refractivity contribution is 1.26. The number of fused-ring (bicyclic) bond motifs is 6. The highest BCUT2D eigenvalue weighted by Gasteiger charge is 2.19. The summed E-state index contributed by atoms with van der Waals surface area (Å²) in [6, 6.07) is 49.4. The highest BCUT2D eigenvalue weighted by atomic mass is 32.1. The number of rotatable bonds is 5. The highest BCUT2D eigenvalue weighted by Crippen LogP contribution is 2.42. The van der Waals surface area contributed by atoms with Crippen molar-refractivity contribution in [1.29, 1.82) is 0 Å². The molecule has 3 heteroatoms. The number of hydrogen-bond donors (Lipinski definition) is 0. The van der Waals surface area contributed by atoms with Crippen molar-refractivity contribution in [1.82, 2.24) is 0 Å². The standard InChI is InChI=1S/C42H30N2S/c1-27(29-12-5-3-6-13-29)43-42(30-14-7-4-8-15-30)44-28(2)35-18-11-19-40-41(35)38-26-32(22-23-39(38)45-40)31-20-21-34-24-33-16-9-10-17-36(33)37(34)25-31/h3-23,25-26H,2,24H2,1H3/b43-27+,44-42-. The van der Waals surface area contributed by atoms with Gasteiger partial charge in [-0.2, -0.15) is 0 Å². The first kappa shape index (κ1) is 27.2. The van der Waals surface area contributed by atoms with Gasteiger partial charge in [-0.15, -0.1) is 11.3 Å². The lowest BCUT2D eigenvalue weighted by atomic mass is 9.96. The molecule has 0 atom stereocenters. The van der Waals surface area contributed by atoms with Crippen molar-refractivity contribution in [2.45, 2.75) is 13.3 Å². The maximum Gasteiger partial charge on any atom is 0.160 e. The Hall–Kier alpha value is -5.38. The molecule has 1 heterocycles. The van der Waals surface area contributed by atoms with Crippen LogP contribution < -0.4 is 0 Å². The predicted octanol–water partition coefficient (Wildman–Crippen LogP) is 11.2. The Morgan fingerprint density at radius 1 is 0.600 bits per heavy atom. The Balaban J connectivity index is 1.23. The minimum Gasteiger partial charge on any atom is -0.233 e. The number of amidine groups is 1. The van der Waals surface area contributed by atoms with E-state index in [1.165, 1.54) is 53.6 Å². The number of nitrogens with zero attached hydrogens (tertiary/aromatic N) is 2. The van der Waals surface area contributed by atoms with Crippen molar-refractivity contribution < 1.29 is 0 Å². The Kier molecular flexibility index (Phi) is 6.81. The molecule has 0 spiro atoms. The summed E-state index contributed by atoms with van der Waals surface area (Å²) < 4.78 is 2.48. The van der Waals surface area contributed by atoms with Crippen LogP contribution in [0.4, 0.5) is 0 Å². The average Bonchev–Trinajstić information content (AvgIpc) is 3.66. The van der Waals surface area contributed by atoms with Gasteiger partial charge in [0.2, 0.25) is 0 Å². The van der Waals surface area contributed by atoms with Crippen LogP contribution in [-0.4, -0.2) is 11.5 Å². The average molecular weight is 595 g/mol. The van der Waals surface area contributed by atoms with E-state index in [0.29, 0.717) is 11.5 Å². The van der Waals surface area contributed by atoms with Crippen molar-refractivity contribution in [3.8, 4) is 22.3 Å². The third kappa shape index (κ3) is 5.02. The van der Waals surface area contributed by atoms with Crippen LogP contribution in [0.1, 0.15) is 34.7 Å². The van der Waals surface area contributed by atoms with E-state index in [1.807, 2.05) is 54.7 Å². The molecule has 0 saturated heterocycles. The van der Waals surface area contributed by atoms with E-state index in [-0.39, 0.29) is 0 Å². The van der Waals surface area contributed by atoms with E-state index >= 15 is 0 Å². The van der Waals surface area contributed by atoms with Crippen LogP contribution in [0.3, 0.4) is 0 Å². The van der Waals surface area contributed by atoms with Crippen molar-refractivity contribution in [3.63, 3.8) is 0 Å². The lowest BCUT2D eigenvalue weighted by Crippen LogP contribution is -2.04. The van der Waals surface area contributed by atoms with Gasteiger partial charge in [0, 0.05) is 37.0 Å². The first-order chi connectivity index (χ1) is 22.1. The van der Waals surface area contributed by atoms with E-state index in [4.69, 9.17) is 9.98 Å². The maximum atomic E-state index is 5.10. The van der Waals surface area contributed by atoms with Crippen LogP contribution in [0.2, 0.25) is 0 Å². The molecular formula is C42H30N2S. The SMILES string of the molecule is C=C(/N=C(\N=C(/C)c1ccccc1)c1ccccc1)c1cccc2sc3ccc(-c4ccc5c(c4)-c4ccccc4C5)cc3c12. The normalized spacial score (nSPS) is 12.8. The predicted molar refractivity (Wildman–Crippen MR) is 194 cm³/mol. The molecule has 2 nitrogen and oxygen atoms in total. The van der Waals surface area contributed by atoms with Crippen molar-refractivity contribution in [3.05, 3.63) is 174 Å². The molecule has 45 heavy (non-hydrogen) atoms. The molecule has 0 N–H and O–H groups in total. The fraction of sp³-hybridized carbons (Fsp3) is 0.0476. The van der Waals surface area contributed by atoms with Crippen LogP contribution in [0.5, 0.6) is 0 Å². The van der Waals surface area contributed by atoms with Crippen LogP contribution in [0, 0.1) is 0 Å². The first-order valence-corrected chi connectivity index (χ1v) is 16.0. The summed E-state index contributed by atoms with van der Waals surface area (Å²) in [4.78, 5) is 10.1. The van der Waals surface area contributed by atoms with Gasteiger partial charge >= 0.3 is 0 Å². The van der Waals surface area contributed by atoms with Gasteiger partial charge in [-0.1, -0.05) is 122 Å². The minimum absolute atomic E-state index is 0.651. The Bertz CT molecular complexity index is 2310. The molecule has 7 aromatic rings. The van der Waals surface area contributed by atoms with Crippen molar-refractivity contribution >= 4 is 48.8 Å². The fourth-order valence-electron chi connectivity index (χ4n) is 6.38. The third-order valence-corrected chi connectivity index (χ3v) is 9.81. The molecule has 0 radical (unpaired) electrons. The van der Waals surface area contributed by atoms with Gasteiger partial charge in [-0.05, 0) is 76.6 Å². The van der Waals surface area contributed by atoms with Crippen LogP contribution in [0.25, 0.3) is 48.1 Å². The van der Waals surface area contributed by atoms with Crippen LogP contribution in [-0.2, 0) is 6.42 Å². The fourth-order valence-corrected chi connectivity index (χ4v) is 7.49. The number of hydrogen-bond acceptors (Lipinski definition) is 2. The first-order valence-electron chi connectivity index (χ1n) is 15.2. The smallest absolute Gasteiger partial charge is 0.160 e. The second kappa shape index (κ2) is 11.3. The largest absolute Gasteiger partial charge is 0.233 e. The zero-order valence-electron chi connectivity index (χ0n) is 25.0. The summed E-state index contributed by atoms with van der Waals surface area (Å²) in [5, 5.41) is 2.42. The Morgan fingerprint density at radius 3 is 2.11 bits per heavy atom. The molecule has 0 amide bonds. The lowest BCUT2D eigenvalue weighted by Gasteiger charge is -2.09. The molecule has 1 aliphatic carbocycles. The zero-order valence-corrected chi connectivity index (χ0v) is 25.8. The third-order valence-electron chi connectivity index (χ3n) is 8.68. The molecule has 1 aliphatic rings. The molecular weight excluding hydrogens is 565 g/mol. The van der Waals surface area contributed by atoms with Crippen molar-refractivity contribution in [2.24, 2.45) is 9.98 Å². The van der Waals surface area contributed by atoms with E-state index in [2.05, 4.69) is 110 Å². The number of aliphatic imine (C=N–C) groups is 2. The van der Waals surface area contributed by atoms with Gasteiger partial charge in [-0.25, -0.2) is 9.98 Å². The molecule has 0 aliphatic heterocycles. The summed E-state index contributed by atoms with van der Waals surface area (Å²) in [6.07, 6.45) is 1.01. The highest BCUT2D eigenvalue weighted by molar-refractivity contribution is 7.25. The number of benzene rings is 6. The van der Waals surface area contributed by atoms with Gasteiger partial charge in [0.15, 0.2) is 5.84 Å². The molecule has 1 aromatic heterocycles. The summed E-state index contributed by atoms with van der Waals surface area (Å²) in [5.74, 6) is 0.651. The van der Waals surface area contributed by atoms with E-state index < -0.39 is 0 Å². The van der Waals surface area contributed by atoms with E-state index in [0.717, 1.165) is 28.8 Å². The molecule has 8 rings (SSSR count). The van der Waals surface area contributed by atoms with Gasteiger partial charge in [-0.3, -0.25) is 0 Å². The Morgan fingerprint density at radius 2 is 1.29 bits per heavy atom. The minimum atomic E-state index is 0.651. The summed E-state index contributed by atoms with van der Waals surface area (Å²) in [6.45, 7) is 6.53. The molecule has 0 bridgehead atoms. The topological polar surface area (TPSA) is 24.7 Å². The van der Waals surface area contributed by atoms with Crippen molar-refractivity contribution in [2.75, 3.05) is 0 Å². The number of thiophene rings is 1. The van der Waals surface area contributed by atoms with Gasteiger partial charge in [0.05, 0.1) is 5.70 Å².